The van der Waals surface area contributed by atoms with Crippen LogP contribution in [0.1, 0.15) is 65.2 Å². The van der Waals surface area contributed by atoms with Crippen molar-refractivity contribution >= 4 is 0 Å². The van der Waals surface area contributed by atoms with Crippen molar-refractivity contribution in [3.05, 3.63) is 0 Å². The first kappa shape index (κ1) is 12.4. The largest absolute Gasteiger partial charge is 0.393 e. The Labute approximate surface area is 101 Å². The van der Waals surface area contributed by atoms with Gasteiger partial charge in [0.05, 0.1) is 6.10 Å². The molecular formula is C15H28O. The van der Waals surface area contributed by atoms with Crippen LogP contribution in [0.15, 0.2) is 0 Å². The van der Waals surface area contributed by atoms with Gasteiger partial charge in [0.2, 0.25) is 0 Å². The SMILES string of the molecule is CCC1CCC(C2CC(C)CCC2O)CC1. The molecule has 0 heterocycles. The van der Waals surface area contributed by atoms with Gasteiger partial charge >= 0.3 is 0 Å². The lowest BCUT2D eigenvalue weighted by Gasteiger charge is -2.40. The highest BCUT2D eigenvalue weighted by Gasteiger charge is 2.34. The van der Waals surface area contributed by atoms with E-state index in [0.29, 0.717) is 5.92 Å². The standard InChI is InChI=1S/C15H28O/c1-3-12-5-7-13(8-6-12)14-10-11(2)4-9-15(14)16/h11-16H,3-10H2,1-2H3. The van der Waals surface area contributed by atoms with Crippen LogP contribution in [0.5, 0.6) is 0 Å². The molecular weight excluding hydrogens is 196 g/mol. The van der Waals surface area contributed by atoms with Crippen LogP contribution in [-0.4, -0.2) is 11.2 Å². The zero-order chi connectivity index (χ0) is 11.5. The van der Waals surface area contributed by atoms with Crippen molar-refractivity contribution in [1.82, 2.24) is 0 Å². The van der Waals surface area contributed by atoms with Crippen LogP contribution in [-0.2, 0) is 0 Å². The van der Waals surface area contributed by atoms with E-state index in [-0.39, 0.29) is 6.10 Å². The number of aliphatic hydroxyl groups is 1. The Morgan fingerprint density at radius 1 is 1.00 bits per heavy atom. The van der Waals surface area contributed by atoms with E-state index in [0.717, 1.165) is 24.2 Å². The Hall–Kier alpha value is -0.0400. The van der Waals surface area contributed by atoms with E-state index in [9.17, 15) is 5.11 Å². The van der Waals surface area contributed by atoms with Crippen molar-refractivity contribution in [2.45, 2.75) is 71.3 Å². The van der Waals surface area contributed by atoms with Gasteiger partial charge in [-0.15, -0.1) is 0 Å². The molecule has 2 aliphatic rings. The molecule has 0 aromatic heterocycles. The van der Waals surface area contributed by atoms with Crippen LogP contribution in [0.2, 0.25) is 0 Å². The lowest BCUT2D eigenvalue weighted by atomic mass is 9.67. The minimum atomic E-state index is 0.0133. The second-order valence-electron chi connectivity index (χ2n) is 6.34. The van der Waals surface area contributed by atoms with Crippen molar-refractivity contribution in [3.63, 3.8) is 0 Å². The van der Waals surface area contributed by atoms with Crippen molar-refractivity contribution in [2.75, 3.05) is 0 Å². The number of rotatable bonds is 2. The second kappa shape index (κ2) is 5.53. The van der Waals surface area contributed by atoms with Gasteiger partial charge in [-0.25, -0.2) is 0 Å². The topological polar surface area (TPSA) is 20.2 Å². The van der Waals surface area contributed by atoms with Crippen molar-refractivity contribution in [1.29, 1.82) is 0 Å². The fourth-order valence-corrected chi connectivity index (χ4v) is 3.94. The molecule has 0 aromatic rings. The highest BCUT2D eigenvalue weighted by molar-refractivity contribution is 4.85. The molecule has 0 spiro atoms. The molecule has 3 atom stereocenters. The third-order valence-electron chi connectivity index (χ3n) is 5.20. The molecule has 1 nitrogen and oxygen atoms in total. The van der Waals surface area contributed by atoms with E-state index >= 15 is 0 Å². The fourth-order valence-electron chi connectivity index (χ4n) is 3.94. The summed E-state index contributed by atoms with van der Waals surface area (Å²) < 4.78 is 0. The molecule has 0 aliphatic heterocycles. The predicted molar refractivity (Wildman–Crippen MR) is 68.3 cm³/mol. The molecule has 0 saturated heterocycles. The van der Waals surface area contributed by atoms with Gasteiger partial charge in [-0.2, -0.15) is 0 Å². The molecule has 0 radical (unpaired) electrons. The van der Waals surface area contributed by atoms with Gasteiger partial charge < -0.3 is 5.11 Å². The van der Waals surface area contributed by atoms with Gasteiger partial charge in [0, 0.05) is 0 Å². The molecule has 3 unspecified atom stereocenters. The van der Waals surface area contributed by atoms with Crippen LogP contribution < -0.4 is 0 Å². The van der Waals surface area contributed by atoms with E-state index < -0.39 is 0 Å². The quantitative estimate of drug-likeness (QED) is 0.751. The predicted octanol–water partition coefficient (Wildman–Crippen LogP) is 4.00. The third-order valence-corrected chi connectivity index (χ3v) is 5.20. The van der Waals surface area contributed by atoms with Gasteiger partial charge in [-0.3, -0.25) is 0 Å². The van der Waals surface area contributed by atoms with Crippen LogP contribution in [0, 0.1) is 23.7 Å². The highest BCUT2D eigenvalue weighted by Crippen LogP contribution is 2.42. The Balaban J connectivity index is 1.87. The zero-order valence-electron chi connectivity index (χ0n) is 11.0. The smallest absolute Gasteiger partial charge is 0.0571 e. The van der Waals surface area contributed by atoms with Crippen LogP contribution >= 0.6 is 0 Å². The maximum atomic E-state index is 10.2. The fraction of sp³-hybridized carbons (Fsp3) is 1.00. The van der Waals surface area contributed by atoms with E-state index in [2.05, 4.69) is 13.8 Å². The molecule has 2 fully saturated rings. The first-order valence-corrected chi connectivity index (χ1v) is 7.38. The molecule has 2 rings (SSSR count). The summed E-state index contributed by atoms with van der Waals surface area (Å²) in [6.07, 6.45) is 10.5. The zero-order valence-corrected chi connectivity index (χ0v) is 11.0. The van der Waals surface area contributed by atoms with E-state index in [4.69, 9.17) is 0 Å². The maximum Gasteiger partial charge on any atom is 0.0571 e. The Morgan fingerprint density at radius 2 is 1.69 bits per heavy atom. The summed E-state index contributed by atoms with van der Waals surface area (Å²) in [5.74, 6) is 3.29. The number of aliphatic hydroxyl groups excluding tert-OH is 1. The molecule has 94 valence electrons. The molecule has 16 heavy (non-hydrogen) atoms. The summed E-state index contributed by atoms with van der Waals surface area (Å²) >= 11 is 0. The third kappa shape index (κ3) is 2.80. The summed E-state index contributed by atoms with van der Waals surface area (Å²) in [6.45, 7) is 4.68. The first-order chi connectivity index (χ1) is 7.70. The maximum absolute atomic E-state index is 10.2. The minimum Gasteiger partial charge on any atom is -0.393 e. The Bertz CT molecular complexity index is 205. The van der Waals surface area contributed by atoms with Crippen molar-refractivity contribution < 1.29 is 5.11 Å². The molecule has 0 bridgehead atoms. The Kier molecular flexibility index (Phi) is 4.29. The van der Waals surface area contributed by atoms with Crippen molar-refractivity contribution in [2.24, 2.45) is 23.7 Å². The summed E-state index contributed by atoms with van der Waals surface area (Å²) in [5, 5.41) is 10.2. The van der Waals surface area contributed by atoms with Crippen LogP contribution in [0.3, 0.4) is 0 Å². The minimum absolute atomic E-state index is 0.0133. The van der Waals surface area contributed by atoms with E-state index in [1.807, 2.05) is 0 Å². The van der Waals surface area contributed by atoms with Gasteiger partial charge in [-0.1, -0.05) is 33.1 Å². The summed E-state index contributed by atoms with van der Waals surface area (Å²) in [5.41, 5.74) is 0. The monoisotopic (exact) mass is 224 g/mol. The van der Waals surface area contributed by atoms with Crippen molar-refractivity contribution in [3.8, 4) is 0 Å². The van der Waals surface area contributed by atoms with E-state index in [1.54, 1.807) is 0 Å². The average Bonchev–Trinajstić information content (AvgIpc) is 2.32. The summed E-state index contributed by atoms with van der Waals surface area (Å²) in [7, 11) is 0. The van der Waals surface area contributed by atoms with Crippen LogP contribution in [0.25, 0.3) is 0 Å². The van der Waals surface area contributed by atoms with Gasteiger partial charge in [0.25, 0.3) is 0 Å². The van der Waals surface area contributed by atoms with Gasteiger partial charge in [-0.05, 0) is 55.8 Å². The lowest BCUT2D eigenvalue weighted by Crippen LogP contribution is -2.35. The number of hydrogen-bond acceptors (Lipinski definition) is 1. The summed E-state index contributed by atoms with van der Waals surface area (Å²) in [6, 6.07) is 0. The van der Waals surface area contributed by atoms with Gasteiger partial charge in [0.1, 0.15) is 0 Å². The first-order valence-electron chi connectivity index (χ1n) is 7.38. The van der Waals surface area contributed by atoms with E-state index in [1.165, 1.54) is 44.9 Å². The molecule has 1 heteroatoms. The number of hydrogen-bond donors (Lipinski definition) is 1. The normalized spacial score (nSPS) is 45.6. The molecule has 2 saturated carbocycles. The average molecular weight is 224 g/mol. The highest BCUT2D eigenvalue weighted by atomic mass is 16.3. The lowest BCUT2D eigenvalue weighted by molar-refractivity contribution is 0.00527. The molecule has 0 aromatic carbocycles. The second-order valence-corrected chi connectivity index (χ2v) is 6.34. The summed E-state index contributed by atoms with van der Waals surface area (Å²) in [4.78, 5) is 0. The van der Waals surface area contributed by atoms with Gasteiger partial charge in [0.15, 0.2) is 0 Å². The Morgan fingerprint density at radius 3 is 2.31 bits per heavy atom. The molecule has 1 N–H and O–H groups in total. The van der Waals surface area contributed by atoms with Crippen LogP contribution in [0.4, 0.5) is 0 Å². The molecule has 2 aliphatic carbocycles. The molecule has 0 amide bonds.